The second kappa shape index (κ2) is 32.0. The Bertz CT molecular complexity index is 2210. The number of amides is 5. The molecule has 0 saturated heterocycles. The van der Waals surface area contributed by atoms with E-state index in [9.17, 15) is 38.3 Å². The number of carbonyl (C=O) groups is 6. The fraction of sp³-hybridized carbons (Fsp3) is 0.577. The summed E-state index contributed by atoms with van der Waals surface area (Å²) in [7, 11) is 1.58. The molecule has 0 saturated carbocycles. The van der Waals surface area contributed by atoms with E-state index in [1.807, 2.05) is 55.7 Å². The van der Waals surface area contributed by atoms with Crippen molar-refractivity contribution in [2.24, 2.45) is 22.5 Å². The maximum atomic E-state index is 15.3. The number of carboxylic acids is 1. The van der Waals surface area contributed by atoms with Crippen LogP contribution in [-0.2, 0) is 54.3 Å². The van der Waals surface area contributed by atoms with Gasteiger partial charge in [0.2, 0.25) is 29.5 Å². The number of halogens is 2. The molecule has 0 aliphatic carbocycles. The molecule has 1 aromatic heterocycles. The summed E-state index contributed by atoms with van der Waals surface area (Å²) in [6, 6.07) is 13.0. The molecular formula is C52H77F2N7O11S. The Labute approximate surface area is 432 Å². The fourth-order valence-electron chi connectivity index (χ4n) is 7.59. The van der Waals surface area contributed by atoms with E-state index < -0.39 is 70.7 Å². The Balaban J connectivity index is 1.76. The van der Waals surface area contributed by atoms with E-state index in [2.05, 4.69) is 21.3 Å². The van der Waals surface area contributed by atoms with E-state index in [-0.39, 0.29) is 87.7 Å². The molecule has 406 valence electrons. The van der Waals surface area contributed by atoms with Crippen LogP contribution in [0, 0.1) is 28.4 Å². The molecule has 3 unspecified atom stereocenters. The lowest BCUT2D eigenvalue weighted by molar-refractivity contribution is -0.153. The lowest BCUT2D eigenvalue weighted by Crippen LogP contribution is -2.50. The molecule has 7 N–H and O–H groups in total. The molecule has 0 aliphatic heterocycles. The number of thioether (sulfide) groups is 1. The van der Waals surface area contributed by atoms with Crippen LogP contribution >= 0.6 is 11.8 Å². The van der Waals surface area contributed by atoms with Crippen LogP contribution < -0.4 is 27.0 Å². The second-order valence-electron chi connectivity index (χ2n) is 19.1. The summed E-state index contributed by atoms with van der Waals surface area (Å²) in [6.45, 7) is 13.5. The third kappa shape index (κ3) is 21.5. The molecule has 18 nitrogen and oxygen atoms in total. The molecule has 3 rings (SSSR count). The molecule has 0 aliphatic rings. The van der Waals surface area contributed by atoms with Gasteiger partial charge in [-0.25, -0.2) is 8.78 Å². The van der Waals surface area contributed by atoms with Crippen molar-refractivity contribution in [1.82, 2.24) is 30.7 Å². The van der Waals surface area contributed by atoms with Crippen molar-refractivity contribution >= 4 is 47.3 Å². The molecular weight excluding hydrogens is 969 g/mol. The summed E-state index contributed by atoms with van der Waals surface area (Å²) in [5.41, 5.74) is 6.26. The average molecular weight is 1050 g/mol. The first kappa shape index (κ1) is 61.8. The summed E-state index contributed by atoms with van der Waals surface area (Å²) in [5, 5.41) is 20.1. The third-order valence-electron chi connectivity index (χ3n) is 12.0. The molecule has 0 spiro atoms. The van der Waals surface area contributed by atoms with Gasteiger partial charge in [0.05, 0.1) is 70.0 Å². The highest BCUT2D eigenvalue weighted by atomic mass is 32.2. The van der Waals surface area contributed by atoms with Crippen molar-refractivity contribution in [3.8, 4) is 11.1 Å². The number of aromatic nitrogens is 1. The lowest BCUT2D eigenvalue weighted by Gasteiger charge is -2.41. The monoisotopic (exact) mass is 1050 g/mol. The lowest BCUT2D eigenvalue weighted by atomic mass is 9.76. The standard InChI is InChI=1S/C52H77F2N7O11S/c1-36(2)52(6,50(67)68)30-45(63)58-31-46(64)56-18-19-57-49(66)42(59-44(62)16-21-70-24-25-72-27-26-71-23-22-69-7)34-73-35-47(65)61(20-11-17-55)48(51(3,4)5)43-28-38(40-29-39(53)14-15-41(40)54)33-60(43)32-37-12-9-8-10-13-37/h8-10,12-15,28-29,33,36,42,48H,11,16-27,30-32,34-35,55H2,1-7H3,(H,56,64)(H,57,66)(H,58,63)(H,59,62)(H,67,68). The van der Waals surface area contributed by atoms with Gasteiger partial charge < -0.3 is 60.5 Å². The van der Waals surface area contributed by atoms with Gasteiger partial charge in [-0.1, -0.05) is 65.0 Å². The van der Waals surface area contributed by atoms with E-state index >= 15 is 4.39 Å². The summed E-state index contributed by atoms with van der Waals surface area (Å²) in [4.78, 5) is 80.1. The molecule has 21 heteroatoms. The van der Waals surface area contributed by atoms with E-state index in [0.717, 1.165) is 35.5 Å². The molecule has 0 radical (unpaired) electrons. The van der Waals surface area contributed by atoms with Gasteiger partial charge in [0, 0.05) is 74.9 Å². The minimum absolute atomic E-state index is 0.0210. The van der Waals surface area contributed by atoms with Crippen LogP contribution in [0.4, 0.5) is 8.78 Å². The van der Waals surface area contributed by atoms with Crippen molar-refractivity contribution in [2.45, 2.75) is 79.4 Å². The number of carboxylic acid groups (broad SMARTS) is 1. The van der Waals surface area contributed by atoms with E-state index in [1.165, 1.54) is 6.92 Å². The largest absolute Gasteiger partial charge is 0.481 e. The number of aliphatic carboxylic acids is 1. The van der Waals surface area contributed by atoms with Gasteiger partial charge in [-0.2, -0.15) is 0 Å². The van der Waals surface area contributed by atoms with Crippen LogP contribution in [0.5, 0.6) is 0 Å². The molecule has 2 aromatic carbocycles. The predicted molar refractivity (Wildman–Crippen MR) is 275 cm³/mol. The third-order valence-corrected chi connectivity index (χ3v) is 13.0. The number of carbonyl (C=O) groups excluding carboxylic acids is 5. The van der Waals surface area contributed by atoms with Crippen molar-refractivity contribution in [1.29, 1.82) is 0 Å². The van der Waals surface area contributed by atoms with Gasteiger partial charge in [-0.3, -0.25) is 28.8 Å². The first-order valence-corrected chi connectivity index (χ1v) is 25.7. The number of methoxy groups -OCH3 is 1. The smallest absolute Gasteiger partial charge is 0.310 e. The number of nitrogens with two attached hydrogens (primary N) is 1. The van der Waals surface area contributed by atoms with Crippen molar-refractivity contribution in [2.75, 3.05) is 97.6 Å². The highest BCUT2D eigenvalue weighted by molar-refractivity contribution is 8.00. The number of nitrogens with zero attached hydrogens (tertiary/aromatic N) is 2. The zero-order valence-electron chi connectivity index (χ0n) is 43.4. The van der Waals surface area contributed by atoms with Gasteiger partial charge >= 0.3 is 5.97 Å². The van der Waals surface area contributed by atoms with E-state index in [0.29, 0.717) is 50.7 Å². The predicted octanol–water partition coefficient (Wildman–Crippen LogP) is 4.54. The molecule has 0 fully saturated rings. The van der Waals surface area contributed by atoms with Crippen LogP contribution in [0.2, 0.25) is 0 Å². The van der Waals surface area contributed by atoms with Crippen LogP contribution in [-0.4, -0.2) is 154 Å². The van der Waals surface area contributed by atoms with Crippen molar-refractivity contribution in [3.63, 3.8) is 0 Å². The highest BCUT2D eigenvalue weighted by Crippen LogP contribution is 2.41. The van der Waals surface area contributed by atoms with Gasteiger partial charge in [-0.05, 0) is 61.1 Å². The maximum absolute atomic E-state index is 15.3. The fourth-order valence-corrected chi connectivity index (χ4v) is 8.52. The Hall–Kier alpha value is -5.45. The van der Waals surface area contributed by atoms with Crippen molar-refractivity contribution < 1.29 is 61.6 Å². The highest BCUT2D eigenvalue weighted by Gasteiger charge is 2.39. The van der Waals surface area contributed by atoms with Gasteiger partial charge in [0.25, 0.3) is 0 Å². The summed E-state index contributed by atoms with van der Waals surface area (Å²) < 4.78 is 53.1. The Morgan fingerprint density at radius 3 is 2.08 bits per heavy atom. The Kier molecular flexibility index (Phi) is 27.1. The van der Waals surface area contributed by atoms with Crippen LogP contribution in [0.1, 0.15) is 78.1 Å². The first-order chi connectivity index (χ1) is 34.7. The minimum atomic E-state index is -1.32. The molecule has 0 bridgehead atoms. The zero-order valence-corrected chi connectivity index (χ0v) is 44.2. The number of ether oxygens (including phenoxy) is 4. The maximum Gasteiger partial charge on any atom is 0.310 e. The van der Waals surface area contributed by atoms with Gasteiger partial charge in [0.15, 0.2) is 0 Å². The van der Waals surface area contributed by atoms with Gasteiger partial charge in [-0.15, -0.1) is 11.8 Å². The number of hydrogen-bond acceptors (Lipinski definition) is 12. The van der Waals surface area contributed by atoms with Crippen LogP contribution in [0.3, 0.4) is 0 Å². The van der Waals surface area contributed by atoms with Crippen LogP contribution in [0.25, 0.3) is 11.1 Å². The van der Waals surface area contributed by atoms with E-state index in [1.54, 1.807) is 38.1 Å². The van der Waals surface area contributed by atoms with Crippen molar-refractivity contribution in [3.05, 3.63) is 83.7 Å². The SMILES string of the molecule is COCCOCCOCCOCCC(=O)NC(CSCC(=O)N(CCCN)C(c1cc(-c2cc(F)ccc2F)cn1Cc1ccccc1)C(C)(C)C)C(=O)NCCNC(=O)CNC(=O)CC(C)(C(=O)O)C(C)C. The quantitative estimate of drug-likeness (QED) is 0.0445. The molecule has 3 atom stereocenters. The number of rotatable bonds is 35. The molecule has 3 aromatic rings. The molecule has 5 amide bonds. The number of benzene rings is 2. The summed E-state index contributed by atoms with van der Waals surface area (Å²) in [5.74, 6) is -5.30. The topological polar surface area (TPSA) is 242 Å². The first-order valence-electron chi connectivity index (χ1n) is 24.5. The Morgan fingerprint density at radius 1 is 0.822 bits per heavy atom. The summed E-state index contributed by atoms with van der Waals surface area (Å²) >= 11 is 1.14. The van der Waals surface area contributed by atoms with E-state index in [4.69, 9.17) is 24.7 Å². The number of nitrogens with one attached hydrogen (secondary N) is 4. The molecule has 1 heterocycles. The minimum Gasteiger partial charge on any atom is -0.481 e. The van der Waals surface area contributed by atoms with Crippen LogP contribution in [0.15, 0.2) is 60.8 Å². The zero-order chi connectivity index (χ0) is 54.0. The summed E-state index contributed by atoms with van der Waals surface area (Å²) in [6.07, 6.45) is 1.82. The second-order valence-corrected chi connectivity index (χ2v) is 20.1. The Morgan fingerprint density at radius 2 is 1.47 bits per heavy atom. The average Bonchev–Trinajstić information content (AvgIpc) is 3.74. The number of hydrogen-bond donors (Lipinski definition) is 6. The normalized spacial score (nSPS) is 13.2. The molecule has 73 heavy (non-hydrogen) atoms. The van der Waals surface area contributed by atoms with Gasteiger partial charge in [0.1, 0.15) is 17.7 Å².